The second-order valence-corrected chi connectivity index (χ2v) is 5.47. The number of aryl methyl sites for hydroxylation is 2. The van der Waals surface area contributed by atoms with Crippen LogP contribution in [-0.4, -0.2) is 27.8 Å². The van der Waals surface area contributed by atoms with Gasteiger partial charge in [-0.15, -0.1) is 0 Å². The van der Waals surface area contributed by atoms with Gasteiger partial charge in [-0.25, -0.2) is 9.78 Å². The van der Waals surface area contributed by atoms with Crippen LogP contribution in [0.2, 0.25) is 5.15 Å². The van der Waals surface area contributed by atoms with Crippen molar-refractivity contribution in [3.05, 3.63) is 27.5 Å². The van der Waals surface area contributed by atoms with Crippen LogP contribution >= 0.6 is 22.9 Å². The Bertz CT molecular complexity index is 623. The summed E-state index contributed by atoms with van der Waals surface area (Å²) in [6.45, 7) is 2.64. The Labute approximate surface area is 125 Å². The van der Waals surface area contributed by atoms with Gasteiger partial charge in [-0.05, 0) is 6.42 Å². The summed E-state index contributed by atoms with van der Waals surface area (Å²) in [5.41, 5.74) is 2.14. The van der Waals surface area contributed by atoms with E-state index < -0.39 is 5.97 Å². The molecule has 0 fully saturated rings. The molecule has 2 heterocycles. The number of thiazole rings is 1. The molecule has 2 rings (SSSR count). The fourth-order valence-electron chi connectivity index (χ4n) is 1.80. The van der Waals surface area contributed by atoms with E-state index in [4.69, 9.17) is 11.6 Å². The number of carbonyl (C=O) groups excluding carboxylic acids is 1. The van der Waals surface area contributed by atoms with Gasteiger partial charge < -0.3 is 10.1 Å². The molecule has 0 unspecified atom stereocenters. The van der Waals surface area contributed by atoms with Crippen LogP contribution < -0.4 is 5.32 Å². The predicted molar refractivity (Wildman–Crippen MR) is 78.4 cm³/mol. The van der Waals surface area contributed by atoms with Crippen molar-refractivity contribution in [1.29, 1.82) is 0 Å². The zero-order chi connectivity index (χ0) is 14.7. The maximum Gasteiger partial charge on any atom is 0.351 e. The summed E-state index contributed by atoms with van der Waals surface area (Å²) in [7, 11) is 3.20. The fourth-order valence-corrected chi connectivity index (χ4v) is 2.89. The van der Waals surface area contributed by atoms with Crippen molar-refractivity contribution in [3.8, 4) is 0 Å². The molecule has 0 atom stereocenters. The van der Waals surface area contributed by atoms with E-state index in [2.05, 4.69) is 27.1 Å². The van der Waals surface area contributed by atoms with Crippen molar-refractivity contribution in [2.45, 2.75) is 19.9 Å². The number of hydrogen-bond acceptors (Lipinski definition) is 6. The number of esters is 1. The zero-order valence-corrected chi connectivity index (χ0v) is 13.0. The Hall–Kier alpha value is -1.60. The number of carbonyl (C=O) groups is 1. The molecule has 0 spiro atoms. The maximum atomic E-state index is 11.4. The van der Waals surface area contributed by atoms with Gasteiger partial charge in [-0.2, -0.15) is 5.10 Å². The highest BCUT2D eigenvalue weighted by atomic mass is 35.5. The molecule has 0 amide bonds. The number of anilines is 1. The minimum Gasteiger partial charge on any atom is -0.465 e. The molecule has 0 saturated heterocycles. The molecule has 0 aliphatic carbocycles. The van der Waals surface area contributed by atoms with Gasteiger partial charge in [0.05, 0.1) is 12.8 Å². The normalized spacial score (nSPS) is 10.6. The molecule has 2 aromatic rings. The molecule has 0 aliphatic heterocycles. The molecule has 0 radical (unpaired) electrons. The second kappa shape index (κ2) is 6.23. The number of aromatic nitrogens is 3. The molecular formula is C12H15ClN4O2S. The lowest BCUT2D eigenvalue weighted by molar-refractivity contribution is 0.0606. The Morgan fingerprint density at radius 2 is 2.35 bits per heavy atom. The van der Waals surface area contributed by atoms with Gasteiger partial charge in [0.15, 0.2) is 15.2 Å². The lowest BCUT2D eigenvalue weighted by Gasteiger charge is -2.01. The minimum absolute atomic E-state index is 0.159. The van der Waals surface area contributed by atoms with Gasteiger partial charge in [-0.3, -0.25) is 4.68 Å². The van der Waals surface area contributed by atoms with Crippen molar-refractivity contribution in [2.24, 2.45) is 7.05 Å². The summed E-state index contributed by atoms with van der Waals surface area (Å²) >= 11 is 7.08. The van der Waals surface area contributed by atoms with Gasteiger partial charge in [0, 0.05) is 25.4 Å². The van der Waals surface area contributed by atoms with Crippen LogP contribution in [0, 0.1) is 0 Å². The van der Waals surface area contributed by atoms with Gasteiger partial charge in [-0.1, -0.05) is 29.9 Å². The summed E-state index contributed by atoms with van der Waals surface area (Å²) in [5, 5.41) is 8.26. The lowest BCUT2D eigenvalue weighted by Crippen LogP contribution is -2.00. The van der Waals surface area contributed by atoms with Gasteiger partial charge in [0.25, 0.3) is 0 Å². The Balaban J connectivity index is 2.09. The van der Waals surface area contributed by atoms with Crippen LogP contribution in [0.3, 0.4) is 0 Å². The average Bonchev–Trinajstić information content (AvgIpc) is 2.98. The van der Waals surface area contributed by atoms with E-state index >= 15 is 0 Å². The third-order valence-corrected chi connectivity index (χ3v) is 4.09. The van der Waals surface area contributed by atoms with Gasteiger partial charge in [0.1, 0.15) is 0 Å². The minimum atomic E-state index is -0.476. The van der Waals surface area contributed by atoms with Crippen LogP contribution in [-0.2, 0) is 24.8 Å². The molecule has 20 heavy (non-hydrogen) atoms. The summed E-state index contributed by atoms with van der Waals surface area (Å²) < 4.78 is 6.42. The van der Waals surface area contributed by atoms with E-state index in [0.29, 0.717) is 16.6 Å². The molecule has 0 saturated carbocycles. The Morgan fingerprint density at radius 3 is 3.00 bits per heavy atom. The van der Waals surface area contributed by atoms with Crippen LogP contribution in [0.4, 0.5) is 5.13 Å². The molecule has 0 bridgehead atoms. The standard InChI is InChI=1S/C12H15ClN4O2S/c1-4-8-7(6-17(2)16-8)5-14-12-15-10(13)9(20-12)11(18)19-3/h6H,4-5H2,1-3H3,(H,14,15). The van der Waals surface area contributed by atoms with Crippen molar-refractivity contribution in [1.82, 2.24) is 14.8 Å². The first-order valence-corrected chi connectivity index (χ1v) is 7.24. The van der Waals surface area contributed by atoms with Crippen molar-refractivity contribution < 1.29 is 9.53 Å². The van der Waals surface area contributed by atoms with Crippen molar-refractivity contribution in [2.75, 3.05) is 12.4 Å². The lowest BCUT2D eigenvalue weighted by atomic mass is 10.2. The largest absolute Gasteiger partial charge is 0.465 e. The second-order valence-electron chi connectivity index (χ2n) is 4.11. The van der Waals surface area contributed by atoms with Gasteiger partial charge >= 0.3 is 5.97 Å². The van der Waals surface area contributed by atoms with Gasteiger partial charge in [0.2, 0.25) is 0 Å². The number of halogens is 1. The third-order valence-electron chi connectivity index (χ3n) is 2.71. The number of methoxy groups -OCH3 is 1. The highest BCUT2D eigenvalue weighted by Gasteiger charge is 2.17. The van der Waals surface area contributed by atoms with E-state index in [1.165, 1.54) is 18.4 Å². The van der Waals surface area contributed by atoms with Crippen LogP contribution in [0.1, 0.15) is 27.9 Å². The molecule has 2 aromatic heterocycles. The molecule has 8 heteroatoms. The number of nitrogens with zero attached hydrogens (tertiary/aromatic N) is 3. The Kier molecular flexibility index (Phi) is 4.61. The fraction of sp³-hybridized carbons (Fsp3) is 0.417. The van der Waals surface area contributed by atoms with E-state index in [9.17, 15) is 4.79 Å². The maximum absolute atomic E-state index is 11.4. The molecule has 6 nitrogen and oxygen atoms in total. The Morgan fingerprint density at radius 1 is 1.60 bits per heavy atom. The average molecular weight is 315 g/mol. The first kappa shape index (κ1) is 14.8. The summed E-state index contributed by atoms with van der Waals surface area (Å²) in [6.07, 6.45) is 2.83. The zero-order valence-electron chi connectivity index (χ0n) is 11.4. The van der Waals surface area contributed by atoms with Crippen LogP contribution in [0.25, 0.3) is 0 Å². The number of rotatable bonds is 5. The van der Waals surface area contributed by atoms with E-state index in [0.717, 1.165) is 17.7 Å². The van der Waals surface area contributed by atoms with E-state index in [-0.39, 0.29) is 5.15 Å². The number of ether oxygens (including phenoxy) is 1. The van der Waals surface area contributed by atoms with Crippen molar-refractivity contribution >= 4 is 34.0 Å². The molecular weight excluding hydrogens is 300 g/mol. The number of nitrogens with one attached hydrogen (secondary N) is 1. The molecule has 0 aliphatic rings. The highest BCUT2D eigenvalue weighted by molar-refractivity contribution is 7.18. The van der Waals surface area contributed by atoms with Crippen LogP contribution in [0.5, 0.6) is 0 Å². The summed E-state index contributed by atoms with van der Waals surface area (Å²) in [4.78, 5) is 15.9. The van der Waals surface area contributed by atoms with Crippen LogP contribution in [0.15, 0.2) is 6.20 Å². The first-order chi connectivity index (χ1) is 9.55. The molecule has 1 N–H and O–H groups in total. The quantitative estimate of drug-likeness (QED) is 0.859. The smallest absolute Gasteiger partial charge is 0.351 e. The SMILES string of the molecule is CCc1nn(C)cc1CNc1nc(Cl)c(C(=O)OC)s1. The molecule has 108 valence electrons. The van der Waals surface area contributed by atoms with Crippen molar-refractivity contribution in [3.63, 3.8) is 0 Å². The topological polar surface area (TPSA) is 69.0 Å². The summed E-state index contributed by atoms with van der Waals surface area (Å²) in [5.74, 6) is -0.476. The van der Waals surface area contributed by atoms with E-state index in [1.54, 1.807) is 4.68 Å². The number of hydrogen-bond donors (Lipinski definition) is 1. The first-order valence-electron chi connectivity index (χ1n) is 6.05. The monoisotopic (exact) mass is 314 g/mol. The predicted octanol–water partition coefficient (Wildman–Crippen LogP) is 2.49. The summed E-state index contributed by atoms with van der Waals surface area (Å²) in [6, 6.07) is 0. The van der Waals surface area contributed by atoms with E-state index in [1.807, 2.05) is 13.2 Å². The molecule has 0 aromatic carbocycles. The third kappa shape index (κ3) is 3.10. The highest BCUT2D eigenvalue weighted by Crippen LogP contribution is 2.28.